The number of benzene rings is 1. The van der Waals surface area contributed by atoms with Crippen molar-refractivity contribution < 1.29 is 19.3 Å². The van der Waals surface area contributed by atoms with Crippen LogP contribution < -0.4 is 9.47 Å². The molecule has 1 N–H and O–H groups in total. The molecule has 6 rings (SSSR count). The summed E-state index contributed by atoms with van der Waals surface area (Å²) in [6, 6.07) is 0.462. The normalized spacial score (nSPS) is 40.1. The molecule has 0 radical (unpaired) electrons. The molecule has 5 atom stereocenters. The molecule has 2 aliphatic carbocycles. The van der Waals surface area contributed by atoms with Crippen molar-refractivity contribution in [1.82, 2.24) is 4.90 Å². The summed E-state index contributed by atoms with van der Waals surface area (Å²) in [7, 11) is 2.23. The van der Waals surface area contributed by atoms with Crippen LogP contribution in [0, 0.1) is 12.8 Å². The van der Waals surface area contributed by atoms with Crippen molar-refractivity contribution in [3.05, 3.63) is 34.4 Å². The van der Waals surface area contributed by atoms with Gasteiger partial charge >= 0.3 is 0 Å². The van der Waals surface area contributed by atoms with E-state index in [1.165, 1.54) is 16.7 Å². The molecule has 5 heteroatoms. The Morgan fingerprint density at radius 1 is 1.24 bits per heavy atom. The smallest absolute Gasteiger partial charge is 0.189 e. The molecule has 0 saturated carbocycles. The average Bonchev–Trinajstić information content (AvgIpc) is 2.97. The predicted octanol–water partition coefficient (Wildman–Crippen LogP) is 1.67. The summed E-state index contributed by atoms with van der Waals surface area (Å²) in [4.78, 5) is 2.49. The molecule has 1 spiro atoms. The lowest BCUT2D eigenvalue weighted by molar-refractivity contribution is -0.0471. The number of hydrogen-bond acceptors (Lipinski definition) is 5. The third-order valence-electron chi connectivity index (χ3n) is 7.36. The highest BCUT2D eigenvalue weighted by Crippen LogP contribution is 2.64. The third-order valence-corrected chi connectivity index (χ3v) is 7.36. The Morgan fingerprint density at radius 2 is 2.12 bits per heavy atom. The zero-order valence-electron chi connectivity index (χ0n) is 14.6. The number of likely N-dealkylation sites (N-methyl/N-ethyl adjacent to an activating group) is 1. The van der Waals surface area contributed by atoms with Gasteiger partial charge < -0.3 is 24.2 Å². The van der Waals surface area contributed by atoms with E-state index < -0.39 is 6.10 Å². The number of fused-ring (bicyclic) bond motifs is 2. The number of aliphatic hydroxyl groups excluding tert-OH is 1. The Bertz CT molecular complexity index is 819. The fourth-order valence-corrected chi connectivity index (χ4v) is 6.17. The van der Waals surface area contributed by atoms with Gasteiger partial charge in [0.2, 0.25) is 0 Å². The van der Waals surface area contributed by atoms with E-state index in [1.807, 2.05) is 6.08 Å². The van der Waals surface area contributed by atoms with Crippen LogP contribution in [0.15, 0.2) is 12.2 Å². The van der Waals surface area contributed by atoms with Crippen molar-refractivity contribution >= 4 is 0 Å². The van der Waals surface area contributed by atoms with E-state index >= 15 is 0 Å². The van der Waals surface area contributed by atoms with E-state index in [2.05, 4.69) is 24.9 Å². The summed E-state index contributed by atoms with van der Waals surface area (Å²) in [6.45, 7) is 4.09. The van der Waals surface area contributed by atoms with Crippen molar-refractivity contribution in [2.45, 2.75) is 50.0 Å². The van der Waals surface area contributed by atoms with Gasteiger partial charge in [0.05, 0.1) is 6.61 Å². The lowest BCUT2D eigenvalue weighted by Gasteiger charge is -2.56. The third kappa shape index (κ3) is 1.52. The van der Waals surface area contributed by atoms with Gasteiger partial charge in [0.25, 0.3) is 0 Å². The molecular formula is C20H23NO4. The number of hydrogen-bond donors (Lipinski definition) is 1. The van der Waals surface area contributed by atoms with Gasteiger partial charge in [0.15, 0.2) is 18.3 Å². The maximum Gasteiger partial charge on any atom is 0.189 e. The molecular weight excluding hydrogens is 318 g/mol. The van der Waals surface area contributed by atoms with Crippen molar-refractivity contribution in [3.8, 4) is 11.5 Å². The van der Waals surface area contributed by atoms with Crippen LogP contribution in [-0.4, -0.2) is 48.6 Å². The van der Waals surface area contributed by atoms with Crippen molar-refractivity contribution in [1.29, 1.82) is 0 Å². The summed E-state index contributed by atoms with van der Waals surface area (Å²) in [5.41, 5.74) is 5.03. The van der Waals surface area contributed by atoms with Gasteiger partial charge in [-0.25, -0.2) is 0 Å². The minimum atomic E-state index is -0.561. The maximum atomic E-state index is 10.7. The fourth-order valence-electron chi connectivity index (χ4n) is 6.17. The molecule has 132 valence electrons. The summed E-state index contributed by atoms with van der Waals surface area (Å²) in [6.07, 6.45) is 5.48. The van der Waals surface area contributed by atoms with Crippen molar-refractivity contribution in [3.63, 3.8) is 0 Å². The SMILES string of the molecule is Cc1c2c(c3c4c1C[C@@H]1[C@@H]5C=C[C@H](O)[C@H](O3)[C@]45CCN1C)OCOC2. The topological polar surface area (TPSA) is 51.2 Å². The zero-order chi connectivity index (χ0) is 16.9. The van der Waals surface area contributed by atoms with E-state index in [0.717, 1.165) is 36.4 Å². The number of piperidine rings is 1. The van der Waals surface area contributed by atoms with Crippen LogP contribution in [0.25, 0.3) is 0 Å². The van der Waals surface area contributed by atoms with Gasteiger partial charge in [0, 0.05) is 28.5 Å². The van der Waals surface area contributed by atoms with Gasteiger partial charge in [-0.2, -0.15) is 0 Å². The monoisotopic (exact) mass is 341 g/mol. The molecule has 0 aromatic heterocycles. The summed E-state index contributed by atoms with van der Waals surface area (Å²) >= 11 is 0. The summed E-state index contributed by atoms with van der Waals surface area (Å²) < 4.78 is 17.9. The number of rotatable bonds is 0. The highest BCUT2D eigenvalue weighted by Gasteiger charge is 2.64. The van der Waals surface area contributed by atoms with Crippen LogP contribution in [0.2, 0.25) is 0 Å². The average molecular weight is 341 g/mol. The zero-order valence-corrected chi connectivity index (χ0v) is 14.6. The predicted molar refractivity (Wildman–Crippen MR) is 90.9 cm³/mol. The number of nitrogens with zero attached hydrogens (tertiary/aromatic N) is 1. The van der Waals surface area contributed by atoms with E-state index in [0.29, 0.717) is 18.6 Å². The van der Waals surface area contributed by atoms with Gasteiger partial charge in [-0.15, -0.1) is 0 Å². The highest BCUT2D eigenvalue weighted by molar-refractivity contribution is 5.67. The molecule has 3 aliphatic heterocycles. The minimum Gasteiger partial charge on any atom is -0.482 e. The molecule has 5 aliphatic rings. The molecule has 1 aromatic rings. The Labute approximate surface area is 147 Å². The fraction of sp³-hybridized carbons (Fsp3) is 0.600. The quantitative estimate of drug-likeness (QED) is 0.728. The van der Waals surface area contributed by atoms with Crippen LogP contribution in [0.3, 0.4) is 0 Å². The second kappa shape index (κ2) is 4.58. The summed E-state index contributed by atoms with van der Waals surface area (Å²) in [5.74, 6) is 2.14. The largest absolute Gasteiger partial charge is 0.482 e. The van der Waals surface area contributed by atoms with E-state index in [1.54, 1.807) is 0 Å². The first-order valence-electron chi connectivity index (χ1n) is 9.25. The lowest BCUT2D eigenvalue weighted by Crippen LogP contribution is -2.64. The van der Waals surface area contributed by atoms with E-state index in [9.17, 15) is 5.11 Å². The second-order valence-electron chi connectivity index (χ2n) is 8.21. The summed E-state index contributed by atoms with van der Waals surface area (Å²) in [5, 5.41) is 10.7. The Kier molecular flexibility index (Phi) is 2.68. The first kappa shape index (κ1) is 14.6. The molecule has 25 heavy (non-hydrogen) atoms. The van der Waals surface area contributed by atoms with Crippen LogP contribution in [-0.2, 0) is 23.2 Å². The standard InChI is InChI=1S/C20H23NO4/c1-10-11-7-14-13-3-4-15(22)19-20(13,5-6-21(14)2)16(11)18(25-19)17-12(10)8-23-9-24-17/h3-4,13-15,19,22H,5-9H2,1-2H3/t13-,14+,15-,19-,20-/m0/s1. The van der Waals surface area contributed by atoms with Crippen LogP contribution >= 0.6 is 0 Å². The lowest BCUT2D eigenvalue weighted by atomic mass is 9.53. The minimum absolute atomic E-state index is 0.115. The second-order valence-corrected chi connectivity index (χ2v) is 8.21. The van der Waals surface area contributed by atoms with Crippen LogP contribution in [0.4, 0.5) is 0 Å². The van der Waals surface area contributed by atoms with Gasteiger partial charge in [-0.3, -0.25) is 0 Å². The number of aliphatic hydroxyl groups is 1. The highest BCUT2D eigenvalue weighted by atomic mass is 16.7. The molecule has 2 bridgehead atoms. The molecule has 3 heterocycles. The molecule has 0 amide bonds. The van der Waals surface area contributed by atoms with E-state index in [4.69, 9.17) is 14.2 Å². The number of ether oxygens (including phenoxy) is 3. The van der Waals surface area contributed by atoms with Crippen molar-refractivity contribution in [2.75, 3.05) is 20.4 Å². The molecule has 1 aromatic carbocycles. The Morgan fingerprint density at radius 3 is 3.00 bits per heavy atom. The van der Waals surface area contributed by atoms with Crippen molar-refractivity contribution in [2.24, 2.45) is 5.92 Å². The molecule has 0 unspecified atom stereocenters. The first-order valence-corrected chi connectivity index (χ1v) is 9.25. The maximum absolute atomic E-state index is 10.7. The molecule has 5 nitrogen and oxygen atoms in total. The Hall–Kier alpha value is -1.56. The van der Waals surface area contributed by atoms with E-state index in [-0.39, 0.29) is 18.3 Å². The van der Waals surface area contributed by atoms with Gasteiger partial charge in [-0.05, 0) is 44.5 Å². The Balaban J connectivity index is 1.70. The van der Waals surface area contributed by atoms with Crippen LogP contribution in [0.1, 0.15) is 28.7 Å². The first-order chi connectivity index (χ1) is 12.1. The molecule has 1 saturated heterocycles. The van der Waals surface area contributed by atoms with Crippen LogP contribution in [0.5, 0.6) is 11.5 Å². The molecule has 1 fully saturated rings. The number of likely N-dealkylation sites (tertiary alicyclic amines) is 1. The van der Waals surface area contributed by atoms with Gasteiger partial charge in [0.1, 0.15) is 12.2 Å². The van der Waals surface area contributed by atoms with Gasteiger partial charge in [-0.1, -0.05) is 12.2 Å².